The van der Waals surface area contributed by atoms with E-state index in [1.165, 1.54) is 0 Å². The van der Waals surface area contributed by atoms with Gasteiger partial charge in [-0.25, -0.2) is 0 Å². The molecule has 0 aromatic heterocycles. The number of unbranched alkanes of at least 4 members (excludes halogenated alkanes) is 1. The zero-order valence-electron chi connectivity index (χ0n) is 10.1. The van der Waals surface area contributed by atoms with Crippen LogP contribution in [0, 0.1) is 0 Å². The van der Waals surface area contributed by atoms with Crippen molar-refractivity contribution in [2.45, 2.75) is 19.8 Å². The summed E-state index contributed by atoms with van der Waals surface area (Å²) in [6.45, 7) is 2.12. The lowest BCUT2D eigenvalue weighted by molar-refractivity contribution is -0.113. The number of anilines is 2. The van der Waals surface area contributed by atoms with Crippen LogP contribution in [0.25, 0.3) is 0 Å². The van der Waals surface area contributed by atoms with Crippen LogP contribution in [0.2, 0.25) is 10.0 Å². The Balaban J connectivity index is 2.54. The average molecular weight is 307 g/mol. The number of rotatable bonds is 6. The van der Waals surface area contributed by atoms with E-state index in [4.69, 9.17) is 28.9 Å². The van der Waals surface area contributed by atoms with Crippen molar-refractivity contribution in [1.82, 2.24) is 0 Å². The Bertz CT molecular complexity index is 404. The zero-order chi connectivity index (χ0) is 13.5. The normalized spacial score (nSPS) is 10.4. The highest BCUT2D eigenvalue weighted by Gasteiger charge is 2.10. The first kappa shape index (κ1) is 15.5. The van der Waals surface area contributed by atoms with Crippen molar-refractivity contribution in [3.05, 3.63) is 22.2 Å². The summed E-state index contributed by atoms with van der Waals surface area (Å²) < 4.78 is 0. The lowest BCUT2D eigenvalue weighted by Gasteiger charge is -2.10. The minimum Gasteiger partial charge on any atom is -0.399 e. The Morgan fingerprint density at radius 1 is 1.39 bits per heavy atom. The van der Waals surface area contributed by atoms with Gasteiger partial charge in [-0.05, 0) is 24.3 Å². The molecule has 0 aliphatic carbocycles. The number of hydrogen-bond donors (Lipinski definition) is 2. The number of nitrogens with one attached hydrogen (secondary N) is 1. The summed E-state index contributed by atoms with van der Waals surface area (Å²) in [6.07, 6.45) is 2.24. The van der Waals surface area contributed by atoms with Gasteiger partial charge in [0, 0.05) is 5.69 Å². The number of amides is 1. The minimum atomic E-state index is -0.107. The van der Waals surface area contributed by atoms with Crippen LogP contribution in [0.5, 0.6) is 0 Å². The van der Waals surface area contributed by atoms with Gasteiger partial charge in [-0.3, -0.25) is 4.79 Å². The average Bonchev–Trinajstić information content (AvgIpc) is 2.29. The molecule has 0 fully saturated rings. The van der Waals surface area contributed by atoms with Gasteiger partial charge in [0.2, 0.25) is 5.91 Å². The quantitative estimate of drug-likeness (QED) is 0.616. The Morgan fingerprint density at radius 2 is 2.00 bits per heavy atom. The van der Waals surface area contributed by atoms with Gasteiger partial charge in [0.1, 0.15) is 0 Å². The maximum atomic E-state index is 11.7. The number of carbonyl (C=O) groups is 1. The van der Waals surface area contributed by atoms with E-state index in [0.29, 0.717) is 27.2 Å². The predicted molar refractivity (Wildman–Crippen MR) is 81.7 cm³/mol. The third kappa shape index (κ3) is 4.96. The van der Waals surface area contributed by atoms with Gasteiger partial charge < -0.3 is 11.1 Å². The van der Waals surface area contributed by atoms with Crippen molar-refractivity contribution in [3.63, 3.8) is 0 Å². The van der Waals surface area contributed by atoms with Gasteiger partial charge in [-0.15, -0.1) is 0 Å². The molecule has 0 saturated carbocycles. The summed E-state index contributed by atoms with van der Waals surface area (Å²) >= 11 is 13.6. The number of nitrogens with two attached hydrogens (primary N) is 1. The minimum absolute atomic E-state index is 0.107. The summed E-state index contributed by atoms with van der Waals surface area (Å²) in [6, 6.07) is 3.13. The van der Waals surface area contributed by atoms with Gasteiger partial charge in [-0.1, -0.05) is 36.5 Å². The number of nitrogen functional groups attached to an aromatic ring is 1. The highest BCUT2D eigenvalue weighted by molar-refractivity contribution is 7.99. The van der Waals surface area contributed by atoms with Crippen LogP contribution in [0.4, 0.5) is 11.4 Å². The summed E-state index contributed by atoms with van der Waals surface area (Å²) in [5.74, 6) is 1.27. The first-order valence-electron chi connectivity index (χ1n) is 5.66. The van der Waals surface area contributed by atoms with Crippen molar-refractivity contribution in [3.8, 4) is 0 Å². The second-order valence-corrected chi connectivity index (χ2v) is 5.73. The molecule has 6 heteroatoms. The lowest BCUT2D eigenvalue weighted by Crippen LogP contribution is -2.15. The van der Waals surface area contributed by atoms with Crippen molar-refractivity contribution in [2.24, 2.45) is 0 Å². The largest absolute Gasteiger partial charge is 0.399 e. The molecule has 18 heavy (non-hydrogen) atoms. The molecule has 1 amide bonds. The van der Waals surface area contributed by atoms with Gasteiger partial charge in [0.05, 0.1) is 21.5 Å². The van der Waals surface area contributed by atoms with Gasteiger partial charge >= 0.3 is 0 Å². The van der Waals surface area contributed by atoms with Crippen LogP contribution in [0.15, 0.2) is 12.1 Å². The van der Waals surface area contributed by atoms with Crippen molar-refractivity contribution < 1.29 is 4.79 Å². The summed E-state index contributed by atoms with van der Waals surface area (Å²) in [7, 11) is 0. The van der Waals surface area contributed by atoms with E-state index in [0.717, 1.165) is 18.6 Å². The number of halogens is 2. The predicted octanol–water partition coefficient (Wildman–Crippen LogP) is 4.05. The molecule has 0 heterocycles. The van der Waals surface area contributed by atoms with Crippen LogP contribution in [-0.4, -0.2) is 17.4 Å². The topological polar surface area (TPSA) is 55.1 Å². The van der Waals surface area contributed by atoms with Crippen molar-refractivity contribution in [2.75, 3.05) is 22.6 Å². The van der Waals surface area contributed by atoms with E-state index in [9.17, 15) is 4.79 Å². The fraction of sp³-hybridized carbons (Fsp3) is 0.417. The second-order valence-electron chi connectivity index (χ2n) is 3.81. The molecule has 1 aromatic rings. The molecule has 0 atom stereocenters. The molecule has 100 valence electrons. The summed E-state index contributed by atoms with van der Waals surface area (Å²) in [5, 5.41) is 3.41. The molecule has 3 N–H and O–H groups in total. The van der Waals surface area contributed by atoms with E-state index in [1.54, 1.807) is 23.9 Å². The van der Waals surface area contributed by atoms with E-state index < -0.39 is 0 Å². The summed E-state index contributed by atoms with van der Waals surface area (Å²) in [4.78, 5) is 11.7. The molecule has 1 rings (SSSR count). The zero-order valence-corrected chi connectivity index (χ0v) is 12.5. The van der Waals surface area contributed by atoms with E-state index in [1.807, 2.05) is 0 Å². The van der Waals surface area contributed by atoms with Gasteiger partial charge in [0.25, 0.3) is 0 Å². The summed E-state index contributed by atoms with van der Waals surface area (Å²) in [5.41, 5.74) is 6.48. The molecule has 0 saturated heterocycles. The lowest BCUT2D eigenvalue weighted by atomic mass is 10.3. The molecular formula is C12H16Cl2N2OS. The standard InChI is InChI=1S/C12H16Cl2N2OS/c1-2-3-4-18-7-11(17)16-12-9(13)5-8(15)6-10(12)14/h5-6H,2-4,7,15H2,1H3,(H,16,17). The maximum absolute atomic E-state index is 11.7. The molecule has 0 bridgehead atoms. The van der Waals surface area contributed by atoms with Crippen LogP contribution < -0.4 is 11.1 Å². The maximum Gasteiger partial charge on any atom is 0.234 e. The molecule has 0 unspecified atom stereocenters. The Labute approximate surface area is 121 Å². The number of carbonyl (C=O) groups excluding carboxylic acids is 1. The first-order chi connectivity index (χ1) is 8.54. The van der Waals surface area contributed by atoms with E-state index in [-0.39, 0.29) is 5.91 Å². The smallest absolute Gasteiger partial charge is 0.234 e. The third-order valence-corrected chi connectivity index (χ3v) is 3.84. The Hall–Kier alpha value is -0.580. The fourth-order valence-electron chi connectivity index (χ4n) is 1.30. The number of thioether (sulfide) groups is 1. The number of hydrogen-bond acceptors (Lipinski definition) is 3. The molecule has 0 spiro atoms. The van der Waals surface area contributed by atoms with Crippen LogP contribution in [-0.2, 0) is 4.79 Å². The highest BCUT2D eigenvalue weighted by Crippen LogP contribution is 2.32. The SMILES string of the molecule is CCCCSCC(=O)Nc1c(Cl)cc(N)cc1Cl. The van der Waals surface area contributed by atoms with Crippen molar-refractivity contribution in [1.29, 1.82) is 0 Å². The molecule has 3 nitrogen and oxygen atoms in total. The van der Waals surface area contributed by atoms with Gasteiger partial charge in [-0.2, -0.15) is 11.8 Å². The monoisotopic (exact) mass is 306 g/mol. The van der Waals surface area contributed by atoms with E-state index >= 15 is 0 Å². The molecule has 0 aliphatic heterocycles. The van der Waals surface area contributed by atoms with Crippen LogP contribution >= 0.6 is 35.0 Å². The molecule has 0 aliphatic rings. The number of benzene rings is 1. The first-order valence-corrected chi connectivity index (χ1v) is 7.57. The van der Waals surface area contributed by atoms with Gasteiger partial charge in [0.15, 0.2) is 0 Å². The molecule has 1 aromatic carbocycles. The van der Waals surface area contributed by atoms with Crippen molar-refractivity contribution >= 4 is 52.2 Å². The second kappa shape index (κ2) is 7.77. The molecular weight excluding hydrogens is 291 g/mol. The highest BCUT2D eigenvalue weighted by atomic mass is 35.5. The Morgan fingerprint density at radius 3 is 2.56 bits per heavy atom. The third-order valence-electron chi connectivity index (χ3n) is 2.20. The fourth-order valence-corrected chi connectivity index (χ4v) is 2.79. The van der Waals surface area contributed by atoms with Crippen LogP contribution in [0.1, 0.15) is 19.8 Å². The Kier molecular flexibility index (Phi) is 6.68. The molecule has 0 radical (unpaired) electrons. The van der Waals surface area contributed by atoms with Crippen LogP contribution in [0.3, 0.4) is 0 Å². The van der Waals surface area contributed by atoms with E-state index in [2.05, 4.69) is 12.2 Å².